The number of halogens is 2. The normalized spacial score (nSPS) is 19.2. The van der Waals surface area contributed by atoms with Crippen LogP contribution in [0.2, 0.25) is 0 Å². The first-order valence-corrected chi connectivity index (χ1v) is 36.8. The third-order valence-corrected chi connectivity index (χ3v) is 18.5. The van der Waals surface area contributed by atoms with Gasteiger partial charge in [0.1, 0.15) is 47.5 Å². The Morgan fingerprint density at radius 1 is 0.514 bits per heavy atom. The molecule has 2 aliphatic carbocycles. The lowest BCUT2D eigenvalue weighted by molar-refractivity contribution is -0.144. The average Bonchev–Trinajstić information content (AvgIpc) is 1.66. The number of hydrogen-bond acceptors (Lipinski definition) is 16. The molecule has 30 heteroatoms. The number of isocyanates is 2. The number of nitrogens with zero attached hydrogens (tertiary/aromatic N) is 6. The molecule has 2 saturated heterocycles. The van der Waals surface area contributed by atoms with Gasteiger partial charge in [0.05, 0.1) is 40.9 Å². The number of carbonyl (C=O) groups is 10. The van der Waals surface area contributed by atoms with Gasteiger partial charge in [0.25, 0.3) is 0 Å². The summed E-state index contributed by atoms with van der Waals surface area (Å²) in [5, 5.41) is 23.8. The number of alkyl halides is 2. The molecule has 8 N–H and O–H groups in total. The van der Waals surface area contributed by atoms with Gasteiger partial charge in [-0.05, 0) is 188 Å². The van der Waals surface area contributed by atoms with Crippen LogP contribution >= 0.6 is 23.2 Å². The third-order valence-electron chi connectivity index (χ3n) is 18.5. The molecule has 2 aliphatic heterocycles. The Morgan fingerprint density at radius 3 is 1.15 bits per heavy atom. The van der Waals surface area contributed by atoms with Crippen molar-refractivity contribution in [3.63, 3.8) is 0 Å². The van der Waals surface area contributed by atoms with Crippen LogP contribution in [-0.4, -0.2) is 184 Å². The fourth-order valence-electron chi connectivity index (χ4n) is 12.7. The number of amides is 12. The number of anilines is 2. The number of nitrogens with one attached hydrogen (secondary N) is 8. The number of likely N-dealkylation sites (N-methyl/N-ethyl adjacent to an activating group) is 2. The third kappa shape index (κ3) is 25.1. The topological polar surface area (TPSA) is 357 Å². The van der Waals surface area contributed by atoms with Gasteiger partial charge in [0, 0.05) is 38.6 Å². The molecule has 0 saturated carbocycles. The molecule has 0 spiro atoms. The van der Waals surface area contributed by atoms with Crippen LogP contribution in [0.1, 0.15) is 170 Å². The number of hydrogen-bond donors (Lipinski definition) is 8. The molecule has 0 aromatic heterocycles. The Labute approximate surface area is 636 Å². The number of likely N-dealkylation sites (tertiary alicyclic amines) is 2. The highest BCUT2D eigenvalue weighted by Crippen LogP contribution is 2.35. The molecule has 107 heavy (non-hydrogen) atoms. The molecule has 0 radical (unpaired) electrons. The van der Waals surface area contributed by atoms with E-state index in [1.54, 1.807) is 132 Å². The van der Waals surface area contributed by atoms with Crippen LogP contribution in [0.5, 0.6) is 0 Å². The van der Waals surface area contributed by atoms with Crippen molar-refractivity contribution in [2.24, 2.45) is 20.8 Å². The summed E-state index contributed by atoms with van der Waals surface area (Å²) in [7, 11) is 2.87. The zero-order valence-corrected chi connectivity index (χ0v) is 65.5. The van der Waals surface area contributed by atoms with Gasteiger partial charge in [-0.2, -0.15) is 9.98 Å². The summed E-state index contributed by atoms with van der Waals surface area (Å²) in [4.78, 5) is 172. The number of urea groups is 2. The summed E-state index contributed by atoms with van der Waals surface area (Å²) < 4.78 is 11.0. The molecule has 28 nitrogen and oxygen atoms in total. The van der Waals surface area contributed by atoms with Crippen LogP contribution in [0.25, 0.3) is 0 Å². The predicted molar refractivity (Wildman–Crippen MR) is 407 cm³/mol. The minimum Gasteiger partial charge on any atom is -0.444 e. The average molecular weight is 1520 g/mol. The summed E-state index contributed by atoms with van der Waals surface area (Å²) in [5.41, 5.74) is 2.52. The number of carbonyl (C=O) groups excluding carboxylic acids is 12. The number of aliphatic imine (C=N–C) groups is 2. The van der Waals surface area contributed by atoms with Gasteiger partial charge in [0.2, 0.25) is 47.6 Å². The van der Waals surface area contributed by atoms with Gasteiger partial charge in [-0.3, -0.25) is 38.6 Å². The standard InChI is InChI=1S/C68H98N12O12.C8H4N2O2.CH2Cl2/c1-39(77(15)63(89)91-67(9,10)11)55(81)75-53(65(3,4)5)59(85)79-37-45(35-51(79)57(83)73-49-29-21-25-41-23-17-19-27-47(41)49)71-61(87)69-43-31-33-44(34-32-43)70-62(88)72-46-36-52(58(84)74-50-30-22-26-42-24-18-20-28-48(42)50)80(38-46)60(86)54(66(6,7)8)76-56(82)40(2)78(16)64(90)92-68(12,13)14;11-5-9-7-1-2-8(4-3-7)10-6-12;2-1-3/h17-20,23-24,27-28,31-34,39-40,45-46,49-54H,21-22,25-26,29-30,35-38H2,1-16H3,(H,73,83)(H,74,84)(H,75,81)(H,76,82)(H2,69,71,87)(H2,70,72,88);1-4H;1H2/t39-,40-,45-,46-,49+,50+,51-,52?,53+,54+;;/m0../s1. The summed E-state index contributed by atoms with van der Waals surface area (Å²) in [6.07, 6.45) is 6.29. The SMILES string of the molecule is C[C@@H](C(=O)N[C@H](C(=O)N1C[C@@H](NC(=O)Nc2ccc(NC(=O)N[C@H]3C[C@@H](C(=O)N[C@@H]4CCCc5ccccc54)N(C(=O)[C@@H](NC(=O)[C@H](C)N(C)C(=O)OC(C)(C)C)C(C)(C)C)C3)cc2)CC1C(=O)N[C@@H]1CCCc2ccccc21)C(C)(C)C)N(C)C(=O)OC(C)(C)C.ClCCl.O=C=Nc1ccc(N=C=O)cc1. The molecular formula is C77H104Cl2N14O14. The van der Waals surface area contributed by atoms with Gasteiger partial charge in [0.15, 0.2) is 0 Å². The molecule has 2 fully saturated rings. The van der Waals surface area contributed by atoms with Crippen molar-refractivity contribution in [1.29, 1.82) is 0 Å². The molecule has 4 aromatic carbocycles. The minimum absolute atomic E-state index is 0.0511. The van der Waals surface area contributed by atoms with Crippen molar-refractivity contribution in [3.8, 4) is 0 Å². The van der Waals surface area contributed by atoms with Crippen molar-refractivity contribution in [3.05, 3.63) is 119 Å². The second kappa shape index (κ2) is 38.1. The molecule has 4 aliphatic rings. The van der Waals surface area contributed by atoms with Crippen LogP contribution in [-0.2, 0) is 60.7 Å². The Kier molecular flexibility index (Phi) is 30.6. The zero-order chi connectivity index (χ0) is 79.5. The van der Waals surface area contributed by atoms with E-state index in [2.05, 4.69) is 52.5 Å². The van der Waals surface area contributed by atoms with Gasteiger partial charge < -0.3 is 61.8 Å². The smallest absolute Gasteiger partial charge is 0.410 e. The zero-order valence-electron chi connectivity index (χ0n) is 63.9. The second-order valence-corrected chi connectivity index (χ2v) is 31.9. The largest absolute Gasteiger partial charge is 0.444 e. The molecule has 2 heterocycles. The lowest BCUT2D eigenvalue weighted by Crippen LogP contribution is -2.60. The lowest BCUT2D eigenvalue weighted by atomic mass is 9.85. The highest BCUT2D eigenvalue weighted by Gasteiger charge is 2.49. The Balaban J connectivity index is 0.00000107. The van der Waals surface area contributed by atoms with Crippen LogP contribution in [0, 0.1) is 10.8 Å². The van der Waals surface area contributed by atoms with Crippen LogP contribution in [0.4, 0.5) is 41.9 Å². The Hall–Kier alpha value is -9.88. The van der Waals surface area contributed by atoms with Crippen molar-refractivity contribution in [1.82, 2.24) is 51.5 Å². The van der Waals surface area contributed by atoms with Crippen LogP contribution < -0.4 is 42.5 Å². The quantitative estimate of drug-likeness (QED) is 0.0261. The van der Waals surface area contributed by atoms with Crippen LogP contribution in [0.15, 0.2) is 107 Å². The molecule has 580 valence electrons. The van der Waals surface area contributed by atoms with Crippen molar-refractivity contribution in [2.75, 3.05) is 43.2 Å². The van der Waals surface area contributed by atoms with E-state index in [9.17, 15) is 57.5 Å². The fourth-order valence-corrected chi connectivity index (χ4v) is 12.7. The van der Waals surface area contributed by atoms with E-state index in [0.717, 1.165) is 57.7 Å². The fraction of sp³-hybridized carbons (Fsp3) is 0.532. The molecule has 4 aromatic rings. The second-order valence-electron chi connectivity index (χ2n) is 31.1. The summed E-state index contributed by atoms with van der Waals surface area (Å²) >= 11 is 9.53. The first-order chi connectivity index (χ1) is 50.2. The van der Waals surface area contributed by atoms with Crippen molar-refractivity contribution >= 4 is 118 Å². The van der Waals surface area contributed by atoms with Crippen molar-refractivity contribution in [2.45, 2.75) is 220 Å². The maximum absolute atomic E-state index is 14.9. The van der Waals surface area contributed by atoms with E-state index in [1.165, 1.54) is 49.9 Å². The maximum atomic E-state index is 14.9. The van der Waals surface area contributed by atoms with E-state index in [4.69, 9.17) is 32.7 Å². The molecule has 10 atom stereocenters. The van der Waals surface area contributed by atoms with E-state index >= 15 is 0 Å². The molecular weight excluding hydrogens is 1420 g/mol. The number of aryl methyl sites for hydroxylation is 2. The van der Waals surface area contributed by atoms with Crippen molar-refractivity contribution < 1.29 is 67.0 Å². The van der Waals surface area contributed by atoms with E-state index in [-0.39, 0.29) is 43.4 Å². The van der Waals surface area contributed by atoms with E-state index in [0.29, 0.717) is 35.6 Å². The first kappa shape index (κ1) is 86.0. The number of ether oxygens (including phenoxy) is 2. The lowest BCUT2D eigenvalue weighted by Gasteiger charge is -2.37. The van der Waals surface area contributed by atoms with Gasteiger partial charge in [-0.15, -0.1) is 23.2 Å². The number of rotatable bonds is 18. The van der Waals surface area contributed by atoms with Crippen LogP contribution in [0.3, 0.4) is 0 Å². The molecule has 1 unspecified atom stereocenters. The monoisotopic (exact) mass is 1520 g/mol. The first-order valence-electron chi connectivity index (χ1n) is 35.7. The number of fused-ring (bicyclic) bond motifs is 2. The summed E-state index contributed by atoms with van der Waals surface area (Å²) in [5.74, 6) is -3.13. The summed E-state index contributed by atoms with van der Waals surface area (Å²) in [6.45, 7) is 23.9. The molecule has 12 amide bonds. The van der Waals surface area contributed by atoms with E-state index in [1.807, 2.05) is 48.5 Å². The van der Waals surface area contributed by atoms with Gasteiger partial charge in [-0.1, -0.05) is 90.1 Å². The predicted octanol–water partition coefficient (Wildman–Crippen LogP) is 10.9. The number of benzene rings is 4. The van der Waals surface area contributed by atoms with Gasteiger partial charge in [-0.25, -0.2) is 28.8 Å². The highest BCUT2D eigenvalue weighted by atomic mass is 35.5. The molecule has 0 bridgehead atoms. The Morgan fingerprint density at radius 2 is 0.841 bits per heavy atom. The minimum atomic E-state index is -1.16. The molecule has 8 rings (SSSR count). The van der Waals surface area contributed by atoms with Gasteiger partial charge >= 0.3 is 24.2 Å². The maximum Gasteiger partial charge on any atom is 0.410 e. The van der Waals surface area contributed by atoms with E-state index < -0.39 is 130 Å². The summed E-state index contributed by atoms with van der Waals surface area (Å²) in [6, 6.07) is 18.5. The highest BCUT2D eigenvalue weighted by molar-refractivity contribution is 6.40. The Bertz CT molecular complexity index is 3670.